The molecule has 0 aliphatic rings. The van der Waals surface area contributed by atoms with Crippen LogP contribution < -0.4 is 10.7 Å². The van der Waals surface area contributed by atoms with E-state index in [1.807, 2.05) is 53.8 Å². The summed E-state index contributed by atoms with van der Waals surface area (Å²) < 4.78 is 25.7. The number of rotatable bonds is 6. The molecule has 150 valence electrons. The van der Waals surface area contributed by atoms with Gasteiger partial charge in [-0.1, -0.05) is 42.1 Å². The van der Waals surface area contributed by atoms with Gasteiger partial charge in [-0.15, -0.1) is 10.2 Å². The largest absolute Gasteiger partial charge is 0.268 e. The number of hydrogen-bond acceptors (Lipinski definition) is 6. The summed E-state index contributed by atoms with van der Waals surface area (Å²) >= 11 is 1.38. The Labute approximate surface area is 171 Å². The Balaban J connectivity index is 1.89. The van der Waals surface area contributed by atoms with Crippen LogP contribution in [-0.2, 0) is 10.0 Å². The van der Waals surface area contributed by atoms with Crippen molar-refractivity contribution in [1.82, 2.24) is 19.2 Å². The predicted molar refractivity (Wildman–Crippen MR) is 114 cm³/mol. The van der Waals surface area contributed by atoms with Crippen LogP contribution in [0.1, 0.15) is 12.0 Å². The molecule has 0 saturated carbocycles. The highest BCUT2D eigenvalue weighted by molar-refractivity contribution is 7.99. The first-order valence-electron chi connectivity index (χ1n) is 8.95. The summed E-state index contributed by atoms with van der Waals surface area (Å²) in [5, 5.41) is 14.8. The molecular weight excluding hydrogens is 410 g/mol. The minimum absolute atomic E-state index is 0.0919. The van der Waals surface area contributed by atoms with Crippen molar-refractivity contribution >= 4 is 38.5 Å². The lowest BCUT2D eigenvalue weighted by Crippen LogP contribution is -2.22. The molecule has 0 unspecified atom stereocenters. The van der Waals surface area contributed by atoms with Gasteiger partial charge in [-0.05, 0) is 37.1 Å². The van der Waals surface area contributed by atoms with Gasteiger partial charge in [0.25, 0.3) is 5.56 Å². The fourth-order valence-corrected chi connectivity index (χ4v) is 4.84. The van der Waals surface area contributed by atoms with Gasteiger partial charge in [0.15, 0.2) is 5.16 Å². The van der Waals surface area contributed by atoms with Gasteiger partial charge in [0.2, 0.25) is 15.8 Å². The summed E-state index contributed by atoms with van der Waals surface area (Å²) in [5.41, 5.74) is 2.22. The van der Waals surface area contributed by atoms with Crippen molar-refractivity contribution in [2.24, 2.45) is 5.14 Å². The van der Waals surface area contributed by atoms with Gasteiger partial charge in [-0.3, -0.25) is 9.20 Å². The highest BCUT2D eigenvalue weighted by Crippen LogP contribution is 2.24. The lowest BCUT2D eigenvalue weighted by Gasteiger charge is -2.13. The summed E-state index contributed by atoms with van der Waals surface area (Å²) in [7, 11) is -3.50. The number of para-hydroxylation sites is 2. The molecule has 0 radical (unpaired) electrons. The molecule has 2 heterocycles. The molecule has 0 amide bonds. The summed E-state index contributed by atoms with van der Waals surface area (Å²) in [5.74, 6) is 0.831. The number of primary sulfonamides is 1. The second-order valence-corrected chi connectivity index (χ2v) is 9.43. The fourth-order valence-electron chi connectivity index (χ4n) is 3.23. The van der Waals surface area contributed by atoms with Crippen molar-refractivity contribution in [2.75, 3.05) is 11.5 Å². The molecule has 0 aliphatic carbocycles. The fraction of sp³-hybridized carbons (Fsp3) is 0.211. The summed E-state index contributed by atoms with van der Waals surface area (Å²) in [4.78, 5) is 13.3. The van der Waals surface area contributed by atoms with Gasteiger partial charge in [0.05, 0.1) is 22.3 Å². The number of thioether (sulfide) groups is 1. The minimum atomic E-state index is -3.50. The van der Waals surface area contributed by atoms with Gasteiger partial charge >= 0.3 is 0 Å². The number of benzene rings is 2. The van der Waals surface area contributed by atoms with Crippen LogP contribution in [0, 0.1) is 6.92 Å². The molecule has 4 rings (SSSR count). The van der Waals surface area contributed by atoms with E-state index in [2.05, 4.69) is 10.2 Å². The monoisotopic (exact) mass is 429 g/mol. The van der Waals surface area contributed by atoms with Crippen LogP contribution in [0.25, 0.3) is 22.4 Å². The Morgan fingerprint density at radius 3 is 2.55 bits per heavy atom. The molecule has 29 heavy (non-hydrogen) atoms. The number of nitrogens with two attached hydrogens (primary N) is 1. The maximum absolute atomic E-state index is 13.3. The van der Waals surface area contributed by atoms with E-state index in [1.54, 1.807) is 10.6 Å². The van der Waals surface area contributed by atoms with E-state index in [0.29, 0.717) is 34.0 Å². The van der Waals surface area contributed by atoms with E-state index in [1.165, 1.54) is 11.8 Å². The van der Waals surface area contributed by atoms with E-state index in [9.17, 15) is 13.2 Å². The summed E-state index contributed by atoms with van der Waals surface area (Å²) in [6, 6.07) is 14.9. The van der Waals surface area contributed by atoms with E-state index < -0.39 is 10.0 Å². The zero-order chi connectivity index (χ0) is 20.6. The van der Waals surface area contributed by atoms with Crippen molar-refractivity contribution in [1.29, 1.82) is 0 Å². The maximum Gasteiger partial charge on any atom is 0.267 e. The molecule has 0 aliphatic heterocycles. The first-order valence-corrected chi connectivity index (χ1v) is 11.6. The average molecular weight is 430 g/mol. The molecule has 0 spiro atoms. The van der Waals surface area contributed by atoms with Crippen molar-refractivity contribution in [3.63, 3.8) is 0 Å². The Kier molecular flexibility index (Phi) is 5.15. The smallest absolute Gasteiger partial charge is 0.267 e. The van der Waals surface area contributed by atoms with Gasteiger partial charge < -0.3 is 0 Å². The van der Waals surface area contributed by atoms with Gasteiger partial charge in [0.1, 0.15) is 0 Å². The van der Waals surface area contributed by atoms with Crippen molar-refractivity contribution in [3.05, 3.63) is 64.4 Å². The third-order valence-corrected chi connectivity index (χ3v) is 6.43. The topological polar surface area (TPSA) is 112 Å². The molecule has 0 bridgehead atoms. The summed E-state index contributed by atoms with van der Waals surface area (Å²) in [6.07, 6.45) is 0.397. The highest BCUT2D eigenvalue weighted by Gasteiger charge is 2.18. The Hall–Kier alpha value is -2.69. The second kappa shape index (κ2) is 7.62. The first kappa shape index (κ1) is 19.6. The molecule has 2 aromatic carbocycles. The number of nitrogens with zero attached hydrogens (tertiary/aromatic N) is 4. The van der Waals surface area contributed by atoms with Crippen molar-refractivity contribution in [2.45, 2.75) is 18.5 Å². The minimum Gasteiger partial charge on any atom is -0.268 e. The first-order chi connectivity index (χ1) is 13.9. The number of fused-ring (bicyclic) bond motifs is 3. The lowest BCUT2D eigenvalue weighted by molar-refractivity contribution is 0.596. The zero-order valence-corrected chi connectivity index (χ0v) is 17.3. The number of sulfonamides is 1. The van der Waals surface area contributed by atoms with E-state index in [-0.39, 0.29) is 11.3 Å². The molecular formula is C19H19N5O3S2. The van der Waals surface area contributed by atoms with E-state index in [4.69, 9.17) is 5.14 Å². The lowest BCUT2D eigenvalue weighted by atomic mass is 10.2. The molecule has 2 aromatic heterocycles. The molecule has 10 heteroatoms. The Morgan fingerprint density at radius 2 is 1.79 bits per heavy atom. The number of aromatic nitrogens is 4. The third-order valence-electron chi connectivity index (χ3n) is 4.56. The average Bonchev–Trinajstić information content (AvgIpc) is 3.10. The van der Waals surface area contributed by atoms with Crippen LogP contribution in [0.5, 0.6) is 0 Å². The quantitative estimate of drug-likeness (QED) is 0.371. The van der Waals surface area contributed by atoms with Crippen LogP contribution >= 0.6 is 11.8 Å². The Bertz CT molecular complexity index is 1380. The molecule has 0 fully saturated rings. The van der Waals surface area contributed by atoms with Crippen molar-refractivity contribution in [3.8, 4) is 5.69 Å². The molecule has 8 nitrogen and oxygen atoms in total. The highest BCUT2D eigenvalue weighted by atomic mass is 32.2. The van der Waals surface area contributed by atoms with Crippen LogP contribution in [-0.4, -0.2) is 39.1 Å². The summed E-state index contributed by atoms with van der Waals surface area (Å²) in [6.45, 7) is 1.94. The molecule has 0 atom stereocenters. The number of aryl methyl sites for hydroxylation is 1. The SMILES string of the molecule is Cc1ccccc1-n1c(=O)c2ccccc2n2c(SCCCS(N)(=O)=O)nnc12. The van der Waals surface area contributed by atoms with Gasteiger partial charge in [-0.25, -0.2) is 18.1 Å². The predicted octanol–water partition coefficient (Wildman–Crippen LogP) is 2.11. The van der Waals surface area contributed by atoms with E-state index >= 15 is 0 Å². The maximum atomic E-state index is 13.3. The Morgan fingerprint density at radius 1 is 1.07 bits per heavy atom. The van der Waals surface area contributed by atoms with Crippen LogP contribution in [0.15, 0.2) is 58.5 Å². The standard InChI is InChI=1S/C19H19N5O3S2/c1-13-7-2-4-9-15(13)23-17(25)14-8-3-5-10-16(14)24-18(23)21-22-19(24)28-11-6-12-29(20,26)27/h2-5,7-10H,6,11-12H2,1H3,(H2,20,26,27). The molecule has 2 N–H and O–H groups in total. The van der Waals surface area contributed by atoms with Gasteiger partial charge in [0, 0.05) is 5.75 Å². The molecule has 0 saturated heterocycles. The molecule has 4 aromatic rings. The second-order valence-electron chi connectivity index (χ2n) is 6.63. The van der Waals surface area contributed by atoms with E-state index in [0.717, 1.165) is 11.3 Å². The zero-order valence-electron chi connectivity index (χ0n) is 15.6. The van der Waals surface area contributed by atoms with Crippen LogP contribution in [0.3, 0.4) is 0 Å². The van der Waals surface area contributed by atoms with Crippen molar-refractivity contribution < 1.29 is 8.42 Å². The van der Waals surface area contributed by atoms with Crippen LogP contribution in [0.2, 0.25) is 0 Å². The van der Waals surface area contributed by atoms with Crippen LogP contribution in [0.4, 0.5) is 0 Å². The third kappa shape index (κ3) is 3.78. The number of hydrogen-bond donors (Lipinski definition) is 1. The normalized spacial score (nSPS) is 12.1. The van der Waals surface area contributed by atoms with Gasteiger partial charge in [-0.2, -0.15) is 0 Å².